The van der Waals surface area contributed by atoms with Crippen molar-refractivity contribution in [2.45, 2.75) is 12.6 Å². The maximum Gasteiger partial charge on any atom is 0.416 e. The number of rotatable bonds is 4. The number of hydrogen-bond acceptors (Lipinski definition) is 4. The molecular weight excluding hydrogens is 370 g/mol. The number of benzene rings is 1. The molecule has 0 unspecified atom stereocenters. The molecule has 3 aromatic rings. The Morgan fingerprint density at radius 1 is 1.15 bits per heavy atom. The van der Waals surface area contributed by atoms with Crippen LogP contribution in [0.25, 0.3) is 11.3 Å². The van der Waals surface area contributed by atoms with Gasteiger partial charge >= 0.3 is 6.18 Å². The lowest BCUT2D eigenvalue weighted by Gasteiger charge is -2.12. The molecule has 0 aliphatic heterocycles. The van der Waals surface area contributed by atoms with Crippen molar-refractivity contribution in [1.82, 2.24) is 9.97 Å². The van der Waals surface area contributed by atoms with Crippen molar-refractivity contribution in [1.29, 1.82) is 0 Å². The van der Waals surface area contributed by atoms with Gasteiger partial charge in [-0.2, -0.15) is 13.2 Å². The minimum atomic E-state index is -4.74. The van der Waals surface area contributed by atoms with Crippen LogP contribution in [0.3, 0.4) is 0 Å². The number of aromatic nitrogens is 2. The zero-order valence-electron chi connectivity index (χ0n) is 13.0. The van der Waals surface area contributed by atoms with E-state index < -0.39 is 29.9 Å². The topological polar surface area (TPSA) is 54.9 Å². The molecule has 4 nitrogen and oxygen atoms in total. The third-order valence-corrected chi connectivity index (χ3v) is 4.21. The van der Waals surface area contributed by atoms with Gasteiger partial charge in [0.25, 0.3) is 0 Å². The standard InChI is InChI=1S/C17H11F4N3OS/c18-12-2-1-11(13(8-12)17(19,20)21)7-15(25)24-16-23-14(9-26-16)10-3-5-22-6-4-10/h1-6,8-9H,7H2,(H,23,24,25). The largest absolute Gasteiger partial charge is 0.416 e. The highest BCUT2D eigenvalue weighted by molar-refractivity contribution is 7.14. The summed E-state index contributed by atoms with van der Waals surface area (Å²) in [5, 5.41) is 4.44. The maximum atomic E-state index is 13.1. The van der Waals surface area contributed by atoms with Crippen molar-refractivity contribution >= 4 is 22.4 Å². The van der Waals surface area contributed by atoms with Crippen molar-refractivity contribution < 1.29 is 22.4 Å². The van der Waals surface area contributed by atoms with Crippen LogP contribution in [-0.2, 0) is 17.4 Å². The van der Waals surface area contributed by atoms with Gasteiger partial charge in [-0.25, -0.2) is 9.37 Å². The molecule has 0 bridgehead atoms. The Hall–Kier alpha value is -2.81. The summed E-state index contributed by atoms with van der Waals surface area (Å²) in [5.74, 6) is -1.68. The van der Waals surface area contributed by atoms with Crippen LogP contribution in [0.5, 0.6) is 0 Å². The molecule has 2 heterocycles. The number of carbonyl (C=O) groups excluding carboxylic acids is 1. The predicted octanol–water partition coefficient (Wildman–Crippen LogP) is 4.54. The van der Waals surface area contributed by atoms with E-state index in [1.807, 2.05) is 0 Å². The lowest BCUT2D eigenvalue weighted by molar-refractivity contribution is -0.138. The molecule has 0 saturated carbocycles. The van der Waals surface area contributed by atoms with E-state index in [1.54, 1.807) is 29.9 Å². The van der Waals surface area contributed by atoms with Crippen molar-refractivity contribution in [3.63, 3.8) is 0 Å². The Balaban J connectivity index is 1.74. The van der Waals surface area contributed by atoms with Gasteiger partial charge in [0.2, 0.25) is 5.91 Å². The molecule has 3 rings (SSSR count). The summed E-state index contributed by atoms with van der Waals surface area (Å²) < 4.78 is 52.1. The molecule has 0 aliphatic carbocycles. The van der Waals surface area contributed by atoms with E-state index in [4.69, 9.17) is 0 Å². The smallest absolute Gasteiger partial charge is 0.302 e. The minimum Gasteiger partial charge on any atom is -0.302 e. The van der Waals surface area contributed by atoms with E-state index in [9.17, 15) is 22.4 Å². The third-order valence-electron chi connectivity index (χ3n) is 3.45. The molecule has 0 radical (unpaired) electrons. The number of carbonyl (C=O) groups is 1. The molecule has 1 N–H and O–H groups in total. The number of nitrogens with one attached hydrogen (secondary N) is 1. The van der Waals surface area contributed by atoms with Crippen LogP contribution in [0, 0.1) is 5.82 Å². The molecule has 134 valence electrons. The van der Waals surface area contributed by atoms with Crippen molar-refractivity contribution in [3.05, 3.63) is 65.0 Å². The summed E-state index contributed by atoms with van der Waals surface area (Å²) in [4.78, 5) is 20.2. The Morgan fingerprint density at radius 3 is 2.58 bits per heavy atom. The normalized spacial score (nSPS) is 11.4. The lowest BCUT2D eigenvalue weighted by Crippen LogP contribution is -2.18. The Labute approximate surface area is 149 Å². The van der Waals surface area contributed by atoms with Crippen LogP contribution in [0.4, 0.5) is 22.7 Å². The number of anilines is 1. The van der Waals surface area contributed by atoms with Crippen LogP contribution in [0.2, 0.25) is 0 Å². The van der Waals surface area contributed by atoms with Gasteiger partial charge in [-0.3, -0.25) is 9.78 Å². The molecule has 0 aliphatic rings. The van der Waals surface area contributed by atoms with Crippen LogP contribution in [-0.4, -0.2) is 15.9 Å². The van der Waals surface area contributed by atoms with Crippen LogP contribution >= 0.6 is 11.3 Å². The van der Waals surface area contributed by atoms with E-state index in [2.05, 4.69) is 15.3 Å². The lowest BCUT2D eigenvalue weighted by atomic mass is 10.0. The van der Waals surface area contributed by atoms with Gasteiger partial charge in [0, 0.05) is 23.3 Å². The van der Waals surface area contributed by atoms with Gasteiger partial charge in [-0.05, 0) is 29.8 Å². The van der Waals surface area contributed by atoms with Crippen molar-refractivity contribution in [2.24, 2.45) is 0 Å². The molecular formula is C17H11F4N3OS. The number of amides is 1. The number of thiazole rings is 1. The van der Waals surface area contributed by atoms with E-state index in [1.165, 1.54) is 0 Å². The monoisotopic (exact) mass is 381 g/mol. The quantitative estimate of drug-likeness (QED) is 0.675. The summed E-state index contributed by atoms with van der Waals surface area (Å²) in [6.07, 6.45) is -2.09. The Bertz CT molecular complexity index is 925. The van der Waals surface area contributed by atoms with Gasteiger partial charge in [0.1, 0.15) is 5.82 Å². The first kappa shape index (κ1) is 18.0. The highest BCUT2D eigenvalue weighted by atomic mass is 32.1. The van der Waals surface area contributed by atoms with E-state index in [-0.39, 0.29) is 10.7 Å². The second kappa shape index (κ2) is 7.20. The molecule has 26 heavy (non-hydrogen) atoms. The van der Waals surface area contributed by atoms with Gasteiger partial charge in [0.05, 0.1) is 17.7 Å². The third kappa shape index (κ3) is 4.23. The second-order valence-corrected chi connectivity index (χ2v) is 6.16. The Kier molecular flexibility index (Phi) is 4.99. The first-order valence-corrected chi connectivity index (χ1v) is 8.22. The zero-order valence-corrected chi connectivity index (χ0v) is 13.9. The van der Waals surface area contributed by atoms with E-state index >= 15 is 0 Å². The number of nitrogens with zero attached hydrogens (tertiary/aromatic N) is 2. The average Bonchev–Trinajstić information content (AvgIpc) is 3.05. The minimum absolute atomic E-state index is 0.262. The fraction of sp³-hybridized carbons (Fsp3) is 0.118. The molecule has 0 atom stereocenters. The first-order chi connectivity index (χ1) is 12.3. The van der Waals surface area contributed by atoms with Crippen LogP contribution in [0.1, 0.15) is 11.1 Å². The fourth-order valence-electron chi connectivity index (χ4n) is 2.29. The number of alkyl halides is 3. The van der Waals surface area contributed by atoms with Crippen LogP contribution < -0.4 is 5.32 Å². The summed E-state index contributed by atoms with van der Waals surface area (Å²) in [7, 11) is 0. The number of hydrogen-bond donors (Lipinski definition) is 1. The first-order valence-electron chi connectivity index (χ1n) is 7.34. The second-order valence-electron chi connectivity index (χ2n) is 5.30. The van der Waals surface area contributed by atoms with Gasteiger partial charge in [-0.1, -0.05) is 6.07 Å². The molecule has 0 fully saturated rings. The summed E-state index contributed by atoms with van der Waals surface area (Å²) in [5.41, 5.74) is -0.0494. The van der Waals surface area contributed by atoms with Crippen LogP contribution in [0.15, 0.2) is 48.1 Å². The molecule has 1 aromatic carbocycles. The van der Waals surface area contributed by atoms with Crippen molar-refractivity contribution in [2.75, 3.05) is 5.32 Å². The maximum absolute atomic E-state index is 13.1. The molecule has 0 spiro atoms. The van der Waals surface area contributed by atoms with Gasteiger partial charge < -0.3 is 5.32 Å². The molecule has 9 heteroatoms. The highest BCUT2D eigenvalue weighted by Gasteiger charge is 2.34. The Morgan fingerprint density at radius 2 is 1.88 bits per heavy atom. The predicted molar refractivity (Wildman–Crippen MR) is 89.1 cm³/mol. The average molecular weight is 381 g/mol. The number of halogens is 4. The number of pyridine rings is 1. The van der Waals surface area contributed by atoms with Gasteiger partial charge in [0.15, 0.2) is 5.13 Å². The zero-order chi connectivity index (χ0) is 18.7. The highest BCUT2D eigenvalue weighted by Crippen LogP contribution is 2.33. The van der Waals surface area contributed by atoms with E-state index in [0.717, 1.165) is 29.0 Å². The van der Waals surface area contributed by atoms with E-state index in [0.29, 0.717) is 11.8 Å². The van der Waals surface area contributed by atoms with Crippen molar-refractivity contribution in [3.8, 4) is 11.3 Å². The molecule has 2 aromatic heterocycles. The molecule has 0 saturated heterocycles. The fourth-order valence-corrected chi connectivity index (χ4v) is 3.03. The summed E-state index contributed by atoms with van der Waals surface area (Å²) >= 11 is 1.15. The summed E-state index contributed by atoms with van der Waals surface area (Å²) in [6, 6.07) is 5.72. The molecule has 1 amide bonds. The summed E-state index contributed by atoms with van der Waals surface area (Å²) in [6.45, 7) is 0. The van der Waals surface area contributed by atoms with Gasteiger partial charge in [-0.15, -0.1) is 11.3 Å². The SMILES string of the molecule is O=C(Cc1ccc(F)cc1C(F)(F)F)Nc1nc(-c2ccncc2)cs1.